The van der Waals surface area contributed by atoms with Gasteiger partial charge >= 0.3 is 0 Å². The summed E-state index contributed by atoms with van der Waals surface area (Å²) >= 11 is 0. The fourth-order valence-electron chi connectivity index (χ4n) is 4.20. The third-order valence-corrected chi connectivity index (χ3v) is 7.83. The summed E-state index contributed by atoms with van der Waals surface area (Å²) in [5, 5.41) is 11.1. The zero-order valence-corrected chi connectivity index (χ0v) is 18.7. The number of aliphatic hydroxyl groups excluding tert-OH is 1. The average molecular weight is 446 g/mol. The number of benzene rings is 1. The highest BCUT2D eigenvalue weighted by Crippen LogP contribution is 2.45. The van der Waals surface area contributed by atoms with Gasteiger partial charge in [-0.25, -0.2) is 8.42 Å². The van der Waals surface area contributed by atoms with E-state index >= 15 is 0 Å². The van der Waals surface area contributed by atoms with Crippen molar-refractivity contribution in [3.8, 4) is 5.75 Å². The highest BCUT2D eigenvalue weighted by Gasteiger charge is 2.47. The fraction of sp³-hybridized carbons (Fsp3) is 0.455. The Kier molecular flexibility index (Phi) is 5.43. The van der Waals surface area contributed by atoms with Gasteiger partial charge in [0.05, 0.1) is 22.8 Å². The first-order valence-electron chi connectivity index (χ1n) is 10.3. The largest absolute Gasteiger partial charge is 0.485 e. The summed E-state index contributed by atoms with van der Waals surface area (Å²) < 4.78 is 33.7. The van der Waals surface area contributed by atoms with E-state index in [0.717, 1.165) is 17.1 Å². The summed E-state index contributed by atoms with van der Waals surface area (Å²) in [4.78, 5) is 18.4. The Morgan fingerprint density at radius 1 is 1.26 bits per heavy atom. The molecule has 31 heavy (non-hydrogen) atoms. The van der Waals surface area contributed by atoms with Crippen molar-refractivity contribution in [1.29, 1.82) is 0 Å². The molecule has 0 bridgehead atoms. The van der Waals surface area contributed by atoms with Crippen LogP contribution in [0.3, 0.4) is 0 Å². The Balaban J connectivity index is 1.79. The Morgan fingerprint density at radius 2 is 2.03 bits per heavy atom. The van der Waals surface area contributed by atoms with Crippen LogP contribution in [0.1, 0.15) is 44.7 Å². The van der Waals surface area contributed by atoms with Gasteiger partial charge in [-0.2, -0.15) is 0 Å². The number of hydrogen-bond donors (Lipinski definition) is 1. The van der Waals surface area contributed by atoms with Crippen molar-refractivity contribution >= 4 is 21.6 Å². The van der Waals surface area contributed by atoms with Gasteiger partial charge in [0.2, 0.25) is 5.91 Å². The lowest BCUT2D eigenvalue weighted by atomic mass is 9.84. The number of ether oxygens (including phenoxy) is 1. The normalized spacial score (nSPS) is 23.1. The van der Waals surface area contributed by atoms with Gasteiger partial charge in [-0.1, -0.05) is 0 Å². The Morgan fingerprint density at radius 3 is 2.71 bits per heavy atom. The van der Waals surface area contributed by atoms with Crippen LogP contribution >= 0.6 is 0 Å². The van der Waals surface area contributed by atoms with E-state index in [1.54, 1.807) is 43.1 Å². The van der Waals surface area contributed by atoms with Crippen LogP contribution in [0.2, 0.25) is 0 Å². The predicted octanol–water partition coefficient (Wildman–Crippen LogP) is 2.49. The van der Waals surface area contributed by atoms with Crippen molar-refractivity contribution in [2.75, 3.05) is 17.9 Å². The number of aromatic nitrogens is 1. The SMILES string of the molecule is CN(c1cccnc1)S(=O)(=O)c1ccc2c(c1)C(N1CCCCC1=O)C(O)C(C)(C)O2. The Hall–Kier alpha value is -2.65. The summed E-state index contributed by atoms with van der Waals surface area (Å²) in [6, 6.07) is 7.26. The van der Waals surface area contributed by atoms with Crippen molar-refractivity contribution in [3.63, 3.8) is 0 Å². The molecule has 0 spiro atoms. The van der Waals surface area contributed by atoms with E-state index in [1.807, 2.05) is 0 Å². The number of fused-ring (bicyclic) bond motifs is 1. The van der Waals surface area contributed by atoms with Gasteiger partial charge in [0.1, 0.15) is 17.5 Å². The number of pyridine rings is 1. The quantitative estimate of drug-likeness (QED) is 0.776. The molecule has 1 amide bonds. The van der Waals surface area contributed by atoms with Crippen molar-refractivity contribution in [3.05, 3.63) is 48.3 Å². The van der Waals surface area contributed by atoms with E-state index in [2.05, 4.69) is 4.98 Å². The molecule has 2 atom stereocenters. The summed E-state index contributed by atoms with van der Waals surface area (Å²) in [6.45, 7) is 4.05. The maximum Gasteiger partial charge on any atom is 0.264 e. The third kappa shape index (κ3) is 3.76. The van der Waals surface area contributed by atoms with Crippen molar-refractivity contribution in [1.82, 2.24) is 9.88 Å². The summed E-state index contributed by atoms with van der Waals surface area (Å²) in [7, 11) is -2.42. The van der Waals surface area contributed by atoms with Crippen molar-refractivity contribution in [2.24, 2.45) is 0 Å². The second-order valence-electron chi connectivity index (χ2n) is 8.52. The van der Waals surface area contributed by atoms with E-state index in [9.17, 15) is 18.3 Å². The molecule has 4 rings (SSSR count). The van der Waals surface area contributed by atoms with Gasteiger partial charge in [-0.05, 0) is 57.0 Å². The molecule has 3 heterocycles. The molecule has 2 aliphatic heterocycles. The van der Waals surface area contributed by atoms with Gasteiger partial charge in [0, 0.05) is 31.8 Å². The zero-order valence-electron chi connectivity index (χ0n) is 17.9. The highest BCUT2D eigenvalue weighted by atomic mass is 32.2. The van der Waals surface area contributed by atoms with E-state index in [4.69, 9.17) is 4.74 Å². The predicted molar refractivity (Wildman–Crippen MR) is 115 cm³/mol. The topological polar surface area (TPSA) is 100 Å². The summed E-state index contributed by atoms with van der Waals surface area (Å²) in [6.07, 6.45) is 4.12. The lowest BCUT2D eigenvalue weighted by Crippen LogP contribution is -2.55. The fourth-order valence-corrected chi connectivity index (χ4v) is 5.42. The van der Waals surface area contributed by atoms with E-state index in [-0.39, 0.29) is 10.8 Å². The van der Waals surface area contributed by atoms with Crippen LogP contribution in [0.5, 0.6) is 5.75 Å². The number of rotatable bonds is 4. The van der Waals surface area contributed by atoms with Crippen LogP contribution in [0.15, 0.2) is 47.6 Å². The van der Waals surface area contributed by atoms with E-state index < -0.39 is 27.8 Å². The lowest BCUT2D eigenvalue weighted by Gasteiger charge is -2.47. The number of amides is 1. The lowest BCUT2D eigenvalue weighted by molar-refractivity contribution is -0.147. The van der Waals surface area contributed by atoms with Crippen LogP contribution in [0, 0.1) is 0 Å². The van der Waals surface area contributed by atoms with Gasteiger partial charge in [0.25, 0.3) is 10.0 Å². The minimum Gasteiger partial charge on any atom is -0.485 e. The number of aliphatic hydroxyl groups is 1. The number of carbonyl (C=O) groups excluding carboxylic acids is 1. The number of piperidine rings is 1. The molecule has 1 fully saturated rings. The third-order valence-electron chi connectivity index (χ3n) is 6.05. The number of likely N-dealkylation sites (tertiary alicyclic amines) is 1. The van der Waals surface area contributed by atoms with E-state index in [1.165, 1.54) is 25.4 Å². The average Bonchev–Trinajstić information content (AvgIpc) is 2.75. The molecule has 0 radical (unpaired) electrons. The van der Waals surface area contributed by atoms with Gasteiger partial charge < -0.3 is 14.7 Å². The van der Waals surface area contributed by atoms with Crippen molar-refractivity contribution < 1.29 is 23.1 Å². The smallest absolute Gasteiger partial charge is 0.264 e. The van der Waals surface area contributed by atoms with Crippen LogP contribution in [0.4, 0.5) is 5.69 Å². The minimum atomic E-state index is -3.89. The Bertz CT molecular complexity index is 1090. The van der Waals surface area contributed by atoms with Gasteiger partial charge in [0.15, 0.2) is 0 Å². The van der Waals surface area contributed by atoms with Gasteiger partial charge in [-0.3, -0.25) is 14.1 Å². The molecule has 1 saturated heterocycles. The Labute approximate surface area is 182 Å². The molecule has 0 saturated carbocycles. The minimum absolute atomic E-state index is 0.0420. The number of nitrogens with zero attached hydrogens (tertiary/aromatic N) is 3. The molecule has 2 aromatic rings. The molecule has 9 heteroatoms. The van der Waals surface area contributed by atoms with Crippen LogP contribution in [-0.4, -0.2) is 54.6 Å². The molecule has 2 unspecified atom stereocenters. The zero-order chi connectivity index (χ0) is 22.4. The second-order valence-corrected chi connectivity index (χ2v) is 10.5. The molecule has 8 nitrogen and oxygen atoms in total. The van der Waals surface area contributed by atoms with Crippen LogP contribution in [0.25, 0.3) is 0 Å². The maximum atomic E-state index is 13.3. The summed E-state index contributed by atoms with van der Waals surface area (Å²) in [5.41, 5.74) is 0.00517. The number of anilines is 1. The molecule has 1 aromatic heterocycles. The first kappa shape index (κ1) is 21.6. The van der Waals surface area contributed by atoms with E-state index in [0.29, 0.717) is 30.0 Å². The first-order valence-corrected chi connectivity index (χ1v) is 11.8. The van der Waals surface area contributed by atoms with Crippen LogP contribution < -0.4 is 9.04 Å². The second kappa shape index (κ2) is 7.80. The molecular weight excluding hydrogens is 418 g/mol. The molecule has 166 valence electrons. The maximum absolute atomic E-state index is 13.3. The molecule has 2 aliphatic rings. The first-order chi connectivity index (χ1) is 14.6. The standard InChI is InChI=1S/C22H27N3O5S/c1-22(2)21(27)20(25-12-5-4-8-19(25)26)17-13-16(9-10-18(17)30-22)31(28,29)24(3)15-7-6-11-23-14-15/h6-7,9-11,13-14,20-21,27H,4-5,8,12H2,1-3H3. The summed E-state index contributed by atoms with van der Waals surface area (Å²) in [5.74, 6) is 0.432. The number of carbonyl (C=O) groups is 1. The van der Waals surface area contributed by atoms with Gasteiger partial charge in [-0.15, -0.1) is 0 Å². The number of sulfonamides is 1. The highest BCUT2D eigenvalue weighted by molar-refractivity contribution is 7.92. The molecule has 1 aromatic carbocycles. The number of hydrogen-bond acceptors (Lipinski definition) is 6. The molecule has 0 aliphatic carbocycles. The molecular formula is C22H27N3O5S. The van der Waals surface area contributed by atoms with Crippen molar-refractivity contribution in [2.45, 2.75) is 55.8 Å². The monoisotopic (exact) mass is 445 g/mol. The molecule has 1 N–H and O–H groups in total. The van der Waals surface area contributed by atoms with Crippen LogP contribution in [-0.2, 0) is 14.8 Å².